The predicted octanol–water partition coefficient (Wildman–Crippen LogP) is 6.21. The van der Waals surface area contributed by atoms with Gasteiger partial charge in [0.2, 0.25) is 0 Å². The van der Waals surface area contributed by atoms with Crippen molar-refractivity contribution in [3.63, 3.8) is 0 Å². The highest BCUT2D eigenvalue weighted by Gasteiger charge is 2.24. The van der Waals surface area contributed by atoms with Gasteiger partial charge in [-0.15, -0.1) is 0 Å². The van der Waals surface area contributed by atoms with Crippen molar-refractivity contribution in [2.24, 2.45) is 5.92 Å². The molecular weight excluding hydrogens is 339 g/mol. The van der Waals surface area contributed by atoms with Crippen LogP contribution in [0.5, 0.6) is 0 Å². The number of hydrogen-bond acceptors (Lipinski definition) is 3. The lowest BCUT2D eigenvalue weighted by molar-refractivity contribution is 0.125. The lowest BCUT2D eigenvalue weighted by Crippen LogP contribution is -2.15. The summed E-state index contributed by atoms with van der Waals surface area (Å²) in [7, 11) is 1.56. The fourth-order valence-electron chi connectivity index (χ4n) is 4.22. The van der Waals surface area contributed by atoms with Gasteiger partial charge in [-0.25, -0.2) is 14.4 Å². The molecule has 0 amide bonds. The van der Waals surface area contributed by atoms with Gasteiger partial charge >= 0.3 is 0 Å². The van der Waals surface area contributed by atoms with Crippen molar-refractivity contribution in [1.29, 1.82) is 0 Å². The monoisotopic (exact) mass is 370 g/mol. The maximum absolute atomic E-state index is 14.1. The second-order valence-corrected chi connectivity index (χ2v) is 7.73. The maximum Gasteiger partial charge on any atom is 0.161 e. The van der Waals surface area contributed by atoms with Crippen molar-refractivity contribution < 1.29 is 9.13 Å². The van der Waals surface area contributed by atoms with E-state index in [1.165, 1.54) is 63.0 Å². The molecule has 1 heterocycles. The molecule has 146 valence electrons. The minimum Gasteiger partial charge on any atom is -0.369 e. The van der Waals surface area contributed by atoms with Crippen LogP contribution in [0.4, 0.5) is 4.39 Å². The fourth-order valence-corrected chi connectivity index (χ4v) is 4.22. The summed E-state index contributed by atoms with van der Waals surface area (Å²) >= 11 is 0. The summed E-state index contributed by atoms with van der Waals surface area (Å²) in [6.45, 7) is 2.26. The van der Waals surface area contributed by atoms with Crippen molar-refractivity contribution in [2.75, 3.05) is 7.11 Å². The first-order chi connectivity index (χ1) is 13.2. The zero-order valence-corrected chi connectivity index (χ0v) is 16.5. The van der Waals surface area contributed by atoms with Crippen LogP contribution in [0.25, 0.3) is 0 Å². The third-order valence-electron chi connectivity index (χ3n) is 5.88. The first kappa shape index (κ1) is 19.9. The van der Waals surface area contributed by atoms with Crippen molar-refractivity contribution in [2.45, 2.75) is 70.3 Å². The van der Waals surface area contributed by atoms with E-state index < -0.39 is 6.10 Å². The van der Waals surface area contributed by atoms with Gasteiger partial charge in [0.15, 0.2) is 5.82 Å². The minimum absolute atomic E-state index is 0.293. The van der Waals surface area contributed by atoms with Crippen LogP contribution in [-0.2, 0) is 4.74 Å². The summed E-state index contributed by atoms with van der Waals surface area (Å²) < 4.78 is 19.6. The van der Waals surface area contributed by atoms with E-state index in [-0.39, 0.29) is 5.82 Å². The standard InChI is InChI=1S/C23H31FN2O/c1-3-4-5-8-17-11-13-18(14-12-17)19-15-25-23(26-16-19)22(27-2)20-9-6-7-10-21(20)24/h6-7,9-10,15-18,22H,3-5,8,11-14H2,1-2H3/t17-,18-,22?. The molecule has 1 aromatic carbocycles. The van der Waals surface area contributed by atoms with E-state index in [9.17, 15) is 4.39 Å². The minimum atomic E-state index is -0.574. The summed E-state index contributed by atoms with van der Waals surface area (Å²) in [5.74, 6) is 1.67. The largest absolute Gasteiger partial charge is 0.369 e. The molecule has 0 spiro atoms. The Balaban J connectivity index is 1.61. The van der Waals surface area contributed by atoms with Crippen molar-refractivity contribution in [3.8, 4) is 0 Å². The summed E-state index contributed by atoms with van der Waals surface area (Å²) in [5.41, 5.74) is 1.68. The van der Waals surface area contributed by atoms with E-state index >= 15 is 0 Å². The second-order valence-electron chi connectivity index (χ2n) is 7.73. The highest BCUT2D eigenvalue weighted by atomic mass is 19.1. The maximum atomic E-state index is 14.1. The molecule has 3 nitrogen and oxygen atoms in total. The number of halogens is 1. The highest BCUT2D eigenvalue weighted by molar-refractivity contribution is 5.25. The average Bonchev–Trinajstić information content (AvgIpc) is 2.71. The summed E-state index contributed by atoms with van der Waals surface area (Å²) in [6.07, 6.45) is 13.7. The molecule has 27 heavy (non-hydrogen) atoms. The topological polar surface area (TPSA) is 35.0 Å². The summed E-state index contributed by atoms with van der Waals surface area (Å²) in [6, 6.07) is 6.64. The van der Waals surface area contributed by atoms with Crippen LogP contribution in [0.3, 0.4) is 0 Å². The van der Waals surface area contributed by atoms with E-state index in [2.05, 4.69) is 16.9 Å². The number of rotatable bonds is 8. The molecule has 0 saturated heterocycles. The highest BCUT2D eigenvalue weighted by Crippen LogP contribution is 2.37. The average molecular weight is 371 g/mol. The van der Waals surface area contributed by atoms with Gasteiger partial charge in [-0.1, -0.05) is 50.8 Å². The van der Waals surface area contributed by atoms with Crippen LogP contribution in [-0.4, -0.2) is 17.1 Å². The number of hydrogen-bond donors (Lipinski definition) is 0. The van der Waals surface area contributed by atoms with E-state index in [0.717, 1.165) is 5.92 Å². The molecule has 3 rings (SSSR count). The van der Waals surface area contributed by atoms with Gasteiger partial charge in [0, 0.05) is 25.1 Å². The van der Waals surface area contributed by atoms with Gasteiger partial charge in [0.1, 0.15) is 11.9 Å². The first-order valence-corrected chi connectivity index (χ1v) is 10.3. The van der Waals surface area contributed by atoms with Gasteiger partial charge in [-0.3, -0.25) is 0 Å². The molecule has 1 atom stereocenters. The van der Waals surface area contributed by atoms with E-state index in [0.29, 0.717) is 17.3 Å². The van der Waals surface area contributed by atoms with Gasteiger partial charge in [-0.05, 0) is 49.1 Å². The molecular formula is C23H31FN2O. The zero-order valence-electron chi connectivity index (χ0n) is 16.5. The number of methoxy groups -OCH3 is 1. The number of nitrogens with zero attached hydrogens (tertiary/aromatic N) is 2. The molecule has 0 aliphatic heterocycles. The van der Waals surface area contributed by atoms with Gasteiger partial charge in [-0.2, -0.15) is 0 Å². The Bertz CT molecular complexity index is 696. The number of unbranched alkanes of at least 4 members (excludes halogenated alkanes) is 2. The van der Waals surface area contributed by atoms with Gasteiger partial charge < -0.3 is 4.74 Å². The van der Waals surface area contributed by atoms with E-state index in [1.54, 1.807) is 25.3 Å². The molecule has 1 aliphatic rings. The SMILES string of the molecule is CCCCC[C@H]1CC[C@H](c2cnc(C(OC)c3ccccc3F)nc2)CC1. The normalized spacial score (nSPS) is 21.1. The van der Waals surface area contributed by atoms with Crippen LogP contribution in [0.2, 0.25) is 0 Å². The Morgan fingerprint density at radius 2 is 1.78 bits per heavy atom. The first-order valence-electron chi connectivity index (χ1n) is 10.3. The molecule has 0 radical (unpaired) electrons. The zero-order chi connectivity index (χ0) is 19.1. The third kappa shape index (κ3) is 5.13. The predicted molar refractivity (Wildman–Crippen MR) is 106 cm³/mol. The lowest BCUT2D eigenvalue weighted by Gasteiger charge is -2.28. The molecule has 1 aliphatic carbocycles. The smallest absolute Gasteiger partial charge is 0.161 e. The Kier molecular flexibility index (Phi) is 7.33. The quantitative estimate of drug-likeness (QED) is 0.518. The molecule has 0 bridgehead atoms. The van der Waals surface area contributed by atoms with Crippen LogP contribution in [0.15, 0.2) is 36.7 Å². The Morgan fingerprint density at radius 1 is 1.07 bits per heavy atom. The van der Waals surface area contributed by atoms with E-state index in [4.69, 9.17) is 4.74 Å². The third-order valence-corrected chi connectivity index (χ3v) is 5.88. The summed E-state index contributed by atoms with van der Waals surface area (Å²) in [5, 5.41) is 0. The Labute approximate surface area is 162 Å². The number of aromatic nitrogens is 2. The van der Waals surface area contributed by atoms with Crippen LogP contribution >= 0.6 is 0 Å². The molecule has 1 aromatic heterocycles. The van der Waals surface area contributed by atoms with Crippen LogP contribution in [0.1, 0.15) is 87.3 Å². The molecule has 1 saturated carbocycles. The number of ether oxygens (including phenoxy) is 1. The fraction of sp³-hybridized carbons (Fsp3) is 0.565. The second kappa shape index (κ2) is 9.93. The summed E-state index contributed by atoms with van der Waals surface area (Å²) in [4.78, 5) is 9.04. The van der Waals surface area contributed by atoms with Crippen molar-refractivity contribution >= 4 is 0 Å². The van der Waals surface area contributed by atoms with Crippen LogP contribution < -0.4 is 0 Å². The van der Waals surface area contributed by atoms with Gasteiger partial charge in [0.25, 0.3) is 0 Å². The molecule has 4 heteroatoms. The molecule has 2 aromatic rings. The molecule has 1 unspecified atom stereocenters. The molecule has 0 N–H and O–H groups in total. The Morgan fingerprint density at radius 3 is 2.41 bits per heavy atom. The van der Waals surface area contributed by atoms with Crippen LogP contribution in [0, 0.1) is 11.7 Å². The van der Waals surface area contributed by atoms with Gasteiger partial charge in [0.05, 0.1) is 0 Å². The number of benzene rings is 1. The Hall–Kier alpha value is -1.81. The van der Waals surface area contributed by atoms with Crippen molar-refractivity contribution in [1.82, 2.24) is 9.97 Å². The lowest BCUT2D eigenvalue weighted by atomic mass is 9.77. The molecule has 1 fully saturated rings. The van der Waals surface area contributed by atoms with Crippen molar-refractivity contribution in [3.05, 3.63) is 59.4 Å². The van der Waals surface area contributed by atoms with E-state index in [1.807, 2.05) is 12.4 Å².